The third-order valence-corrected chi connectivity index (χ3v) is 6.25. The second kappa shape index (κ2) is 11.8. The van der Waals surface area contributed by atoms with Crippen LogP contribution in [-0.2, 0) is 13.1 Å². The average molecular weight is 493 g/mol. The molecule has 0 atom stereocenters. The zero-order valence-electron chi connectivity index (χ0n) is 20.4. The Hall–Kier alpha value is -3.76. The molecule has 2 aromatic carbocycles. The zero-order valence-corrected chi connectivity index (χ0v) is 20.4. The Kier molecular flexibility index (Phi) is 8.29. The molecule has 0 radical (unpaired) electrons. The lowest BCUT2D eigenvalue weighted by Gasteiger charge is -2.20. The molecule has 4 rings (SSSR count). The second-order valence-corrected chi connectivity index (χ2v) is 8.82. The maximum absolute atomic E-state index is 12.7. The lowest BCUT2D eigenvalue weighted by molar-refractivity contribution is 0.381. The van der Waals surface area contributed by atoms with E-state index >= 15 is 0 Å². The van der Waals surface area contributed by atoms with E-state index in [0.29, 0.717) is 60.8 Å². The number of fused-ring (bicyclic) bond motifs is 2. The molecule has 0 amide bonds. The fourth-order valence-corrected chi connectivity index (χ4v) is 4.40. The number of hydrogen-bond acceptors (Lipinski definition) is 6. The molecule has 0 saturated heterocycles. The lowest BCUT2D eigenvalue weighted by atomic mass is 10.2. The molecule has 2 aromatic heterocycles. The van der Waals surface area contributed by atoms with E-state index < -0.39 is 11.4 Å². The van der Waals surface area contributed by atoms with E-state index in [1.54, 1.807) is 48.5 Å². The molecule has 36 heavy (non-hydrogen) atoms. The van der Waals surface area contributed by atoms with Crippen LogP contribution in [0.2, 0.25) is 0 Å². The standard InChI is InChI=1S/C26H32N6O4/c1-2-9-22(27-14-7-16-31-23(33)18-10-3-5-12-20(18)29-25(31)35)28-15-8-17-32-24(34)19-11-4-6-13-21(19)30-26(32)36/h3-6,10-13,22,27-28H,2,7-9,14-17H2,1H3,(H,29,35)(H,30,36). The van der Waals surface area contributed by atoms with Crippen molar-refractivity contribution in [1.29, 1.82) is 0 Å². The number of aromatic nitrogens is 4. The van der Waals surface area contributed by atoms with Crippen LogP contribution in [0.15, 0.2) is 67.7 Å². The summed E-state index contributed by atoms with van der Waals surface area (Å²) in [7, 11) is 0. The van der Waals surface area contributed by atoms with Crippen molar-refractivity contribution in [1.82, 2.24) is 29.7 Å². The Bertz CT molecular complexity index is 1450. The molecular weight excluding hydrogens is 460 g/mol. The van der Waals surface area contributed by atoms with Crippen LogP contribution in [0, 0.1) is 0 Å². The van der Waals surface area contributed by atoms with E-state index in [-0.39, 0.29) is 17.3 Å². The zero-order chi connectivity index (χ0) is 25.5. The van der Waals surface area contributed by atoms with Crippen LogP contribution in [0.25, 0.3) is 21.8 Å². The Morgan fingerprint density at radius 1 is 0.722 bits per heavy atom. The number of para-hydroxylation sites is 2. The summed E-state index contributed by atoms with van der Waals surface area (Å²) >= 11 is 0. The molecule has 4 aromatic rings. The molecule has 10 nitrogen and oxygen atoms in total. The van der Waals surface area contributed by atoms with E-state index in [1.165, 1.54) is 9.13 Å². The summed E-state index contributed by atoms with van der Waals surface area (Å²) in [5.41, 5.74) is -0.279. The summed E-state index contributed by atoms with van der Waals surface area (Å²) in [4.78, 5) is 55.5. The summed E-state index contributed by atoms with van der Waals surface area (Å²) in [5.74, 6) is 0. The van der Waals surface area contributed by atoms with Gasteiger partial charge in [0.15, 0.2) is 0 Å². The van der Waals surface area contributed by atoms with Gasteiger partial charge in [-0.25, -0.2) is 9.59 Å². The molecule has 0 spiro atoms. The van der Waals surface area contributed by atoms with Gasteiger partial charge in [0.1, 0.15) is 0 Å². The van der Waals surface area contributed by atoms with E-state index in [0.717, 1.165) is 12.8 Å². The quantitative estimate of drug-likeness (QED) is 0.175. The summed E-state index contributed by atoms with van der Waals surface area (Å²) < 4.78 is 2.48. The first-order valence-electron chi connectivity index (χ1n) is 12.4. The molecule has 190 valence electrons. The summed E-state index contributed by atoms with van der Waals surface area (Å²) in [6.07, 6.45) is 3.15. The molecule has 0 fully saturated rings. The van der Waals surface area contributed by atoms with Crippen molar-refractivity contribution < 1.29 is 0 Å². The van der Waals surface area contributed by atoms with E-state index in [2.05, 4.69) is 27.5 Å². The topological polar surface area (TPSA) is 134 Å². The van der Waals surface area contributed by atoms with Gasteiger partial charge in [0.2, 0.25) is 0 Å². The average Bonchev–Trinajstić information content (AvgIpc) is 2.87. The van der Waals surface area contributed by atoms with Crippen LogP contribution >= 0.6 is 0 Å². The highest BCUT2D eigenvalue weighted by Gasteiger charge is 2.10. The maximum atomic E-state index is 12.7. The van der Waals surface area contributed by atoms with Crippen molar-refractivity contribution >= 4 is 21.8 Å². The second-order valence-electron chi connectivity index (χ2n) is 8.82. The number of hydrogen-bond donors (Lipinski definition) is 4. The van der Waals surface area contributed by atoms with Gasteiger partial charge in [-0.3, -0.25) is 18.7 Å². The van der Waals surface area contributed by atoms with Gasteiger partial charge in [-0.1, -0.05) is 37.6 Å². The fourth-order valence-electron chi connectivity index (χ4n) is 4.40. The molecular formula is C26H32N6O4. The van der Waals surface area contributed by atoms with E-state index in [4.69, 9.17) is 0 Å². The molecule has 4 N–H and O–H groups in total. The van der Waals surface area contributed by atoms with Crippen molar-refractivity contribution in [2.24, 2.45) is 0 Å². The first-order valence-corrected chi connectivity index (χ1v) is 12.4. The van der Waals surface area contributed by atoms with Crippen molar-refractivity contribution in [3.63, 3.8) is 0 Å². The first-order chi connectivity index (χ1) is 17.5. The van der Waals surface area contributed by atoms with Crippen LogP contribution in [0.3, 0.4) is 0 Å². The Labute approximate surface area is 207 Å². The van der Waals surface area contributed by atoms with Crippen molar-refractivity contribution in [3.8, 4) is 0 Å². The highest BCUT2D eigenvalue weighted by molar-refractivity contribution is 5.77. The van der Waals surface area contributed by atoms with E-state index in [9.17, 15) is 19.2 Å². The van der Waals surface area contributed by atoms with Crippen molar-refractivity contribution in [2.45, 2.75) is 51.9 Å². The molecule has 2 heterocycles. The van der Waals surface area contributed by atoms with Gasteiger partial charge in [0.25, 0.3) is 11.1 Å². The fraction of sp³-hybridized carbons (Fsp3) is 0.385. The van der Waals surface area contributed by atoms with E-state index in [1.807, 2.05) is 0 Å². The van der Waals surface area contributed by atoms with Gasteiger partial charge in [-0.05, 0) is 56.6 Å². The minimum atomic E-state index is -0.402. The van der Waals surface area contributed by atoms with Crippen LogP contribution in [0.5, 0.6) is 0 Å². The highest BCUT2D eigenvalue weighted by atomic mass is 16.2. The van der Waals surface area contributed by atoms with Gasteiger partial charge < -0.3 is 20.6 Å². The number of nitrogens with zero attached hydrogens (tertiary/aromatic N) is 2. The van der Waals surface area contributed by atoms with Gasteiger partial charge in [-0.2, -0.15) is 0 Å². The molecule has 0 unspecified atom stereocenters. The third-order valence-electron chi connectivity index (χ3n) is 6.25. The SMILES string of the molecule is CCCC(NCCCn1c(=O)[nH]c2ccccc2c1=O)NCCCn1c(=O)[nH]c2ccccc2c1=O. The molecule has 0 saturated carbocycles. The molecule has 0 aliphatic heterocycles. The Balaban J connectivity index is 1.28. The van der Waals surface area contributed by atoms with Crippen LogP contribution in [-0.4, -0.2) is 38.4 Å². The maximum Gasteiger partial charge on any atom is 0.328 e. The third kappa shape index (κ3) is 5.72. The number of nitrogens with one attached hydrogen (secondary N) is 4. The predicted molar refractivity (Wildman–Crippen MR) is 142 cm³/mol. The molecule has 0 aliphatic rings. The predicted octanol–water partition coefficient (Wildman–Crippen LogP) is 1.48. The molecule has 10 heteroatoms. The molecule has 0 bridgehead atoms. The van der Waals surface area contributed by atoms with Gasteiger partial charge in [0.05, 0.1) is 28.0 Å². The Morgan fingerprint density at radius 3 is 1.61 bits per heavy atom. The largest absolute Gasteiger partial charge is 0.328 e. The highest BCUT2D eigenvalue weighted by Crippen LogP contribution is 2.04. The van der Waals surface area contributed by atoms with Crippen LogP contribution in [0.1, 0.15) is 32.6 Å². The van der Waals surface area contributed by atoms with Crippen LogP contribution < -0.4 is 33.1 Å². The smallest absolute Gasteiger partial charge is 0.307 e. The van der Waals surface area contributed by atoms with Gasteiger partial charge >= 0.3 is 11.4 Å². The van der Waals surface area contributed by atoms with Crippen molar-refractivity contribution in [3.05, 3.63) is 90.2 Å². The first kappa shape index (κ1) is 25.3. The number of aromatic amines is 2. The minimum absolute atomic E-state index is 0.0493. The lowest BCUT2D eigenvalue weighted by Crippen LogP contribution is -2.44. The van der Waals surface area contributed by atoms with Crippen LogP contribution in [0.4, 0.5) is 0 Å². The summed E-state index contributed by atoms with van der Waals surface area (Å²) in [6.45, 7) is 3.98. The summed E-state index contributed by atoms with van der Waals surface area (Å²) in [5, 5.41) is 7.87. The number of rotatable bonds is 12. The number of H-pyrrole nitrogens is 2. The summed E-state index contributed by atoms with van der Waals surface area (Å²) in [6, 6.07) is 14.0. The minimum Gasteiger partial charge on any atom is -0.307 e. The van der Waals surface area contributed by atoms with Crippen molar-refractivity contribution in [2.75, 3.05) is 13.1 Å². The Morgan fingerprint density at radius 2 is 1.17 bits per heavy atom. The van der Waals surface area contributed by atoms with Gasteiger partial charge in [-0.15, -0.1) is 0 Å². The normalized spacial score (nSPS) is 11.6. The van der Waals surface area contributed by atoms with Gasteiger partial charge in [0, 0.05) is 13.1 Å². The number of benzene rings is 2. The monoisotopic (exact) mass is 492 g/mol. The molecule has 0 aliphatic carbocycles.